The molecule has 3 fully saturated rings. The van der Waals surface area contributed by atoms with Crippen LogP contribution >= 0.6 is 0 Å². The standard InChI is InChI=1S/C18H28O/c1-5-12-6-7-14-17(12)16(19)10-15-13(11(2)3)8-9-18(14,15)4/h5,11-15,17H,1,6-10H2,2-4H3/t12-,13-,14-,15-,17+,18+/m0/s1. The molecule has 1 nitrogen and oxygen atoms in total. The number of hydrogen-bond acceptors (Lipinski definition) is 1. The van der Waals surface area contributed by atoms with Crippen LogP contribution in [0.25, 0.3) is 0 Å². The van der Waals surface area contributed by atoms with Crippen LogP contribution in [0.5, 0.6) is 0 Å². The molecular weight excluding hydrogens is 232 g/mol. The Bertz CT molecular complexity index is 396. The number of carbonyl (C=O) groups is 1. The molecule has 0 aromatic rings. The lowest BCUT2D eigenvalue weighted by Crippen LogP contribution is -2.46. The quantitative estimate of drug-likeness (QED) is 0.669. The maximum atomic E-state index is 12.7. The Morgan fingerprint density at radius 2 is 2.00 bits per heavy atom. The van der Waals surface area contributed by atoms with Gasteiger partial charge < -0.3 is 0 Å². The maximum absolute atomic E-state index is 12.7. The predicted octanol–water partition coefficient (Wildman–Crippen LogP) is 4.48. The van der Waals surface area contributed by atoms with Gasteiger partial charge in [0.2, 0.25) is 0 Å². The molecule has 3 rings (SSSR count). The number of allylic oxidation sites excluding steroid dienone is 1. The summed E-state index contributed by atoms with van der Waals surface area (Å²) in [4.78, 5) is 12.7. The summed E-state index contributed by atoms with van der Waals surface area (Å²) in [5.74, 6) is 4.14. The van der Waals surface area contributed by atoms with Gasteiger partial charge in [0, 0.05) is 12.3 Å². The molecule has 1 heteroatoms. The fourth-order valence-electron chi connectivity index (χ4n) is 5.85. The first-order valence-corrected chi connectivity index (χ1v) is 8.14. The first-order chi connectivity index (χ1) is 8.99. The largest absolute Gasteiger partial charge is 0.299 e. The molecule has 0 radical (unpaired) electrons. The predicted molar refractivity (Wildman–Crippen MR) is 78.7 cm³/mol. The molecule has 3 saturated carbocycles. The highest BCUT2D eigenvalue weighted by atomic mass is 16.1. The van der Waals surface area contributed by atoms with Gasteiger partial charge in [-0.15, -0.1) is 6.58 Å². The summed E-state index contributed by atoms with van der Waals surface area (Å²) in [6.45, 7) is 11.1. The zero-order valence-electron chi connectivity index (χ0n) is 12.7. The van der Waals surface area contributed by atoms with Gasteiger partial charge in [-0.2, -0.15) is 0 Å². The average molecular weight is 260 g/mol. The number of hydrogen-bond donors (Lipinski definition) is 0. The van der Waals surface area contributed by atoms with Crippen molar-refractivity contribution in [1.29, 1.82) is 0 Å². The third-order valence-corrected chi connectivity index (χ3v) is 6.88. The smallest absolute Gasteiger partial charge is 0.137 e. The topological polar surface area (TPSA) is 17.1 Å². The molecule has 0 spiro atoms. The number of Topliss-reactive ketones (excluding diaryl/α,β-unsaturated/α-hetero) is 1. The molecule has 0 bridgehead atoms. The molecule has 0 amide bonds. The van der Waals surface area contributed by atoms with E-state index < -0.39 is 0 Å². The average Bonchev–Trinajstić information content (AvgIpc) is 2.92. The molecule has 0 aromatic heterocycles. The van der Waals surface area contributed by atoms with Gasteiger partial charge in [-0.25, -0.2) is 0 Å². The SMILES string of the molecule is C=C[C@H]1CC[C@H]2[C@@H]1C(=O)C[C@H]1[C@H](C(C)C)CC[C@]21C. The summed E-state index contributed by atoms with van der Waals surface area (Å²) in [5.41, 5.74) is 0.436. The summed E-state index contributed by atoms with van der Waals surface area (Å²) in [6.07, 6.45) is 8.04. The van der Waals surface area contributed by atoms with Crippen LogP contribution < -0.4 is 0 Å². The Hall–Kier alpha value is -0.590. The van der Waals surface area contributed by atoms with Crippen molar-refractivity contribution in [2.45, 2.75) is 52.9 Å². The second-order valence-corrected chi connectivity index (χ2v) is 7.84. The highest BCUT2D eigenvalue weighted by Gasteiger charge is 2.59. The molecule has 3 aliphatic rings. The highest BCUT2D eigenvalue weighted by Crippen LogP contribution is 2.64. The number of rotatable bonds is 2. The van der Waals surface area contributed by atoms with Crippen molar-refractivity contribution < 1.29 is 4.79 Å². The van der Waals surface area contributed by atoms with Crippen LogP contribution in [0.4, 0.5) is 0 Å². The van der Waals surface area contributed by atoms with Crippen molar-refractivity contribution >= 4 is 5.78 Å². The van der Waals surface area contributed by atoms with E-state index in [4.69, 9.17) is 0 Å². The lowest BCUT2D eigenvalue weighted by molar-refractivity contribution is -0.135. The number of fused-ring (bicyclic) bond motifs is 3. The van der Waals surface area contributed by atoms with Gasteiger partial charge in [-0.3, -0.25) is 4.79 Å². The van der Waals surface area contributed by atoms with E-state index in [0.29, 0.717) is 34.9 Å². The molecule has 19 heavy (non-hydrogen) atoms. The van der Waals surface area contributed by atoms with Crippen LogP contribution in [0.1, 0.15) is 52.9 Å². The van der Waals surface area contributed by atoms with Crippen molar-refractivity contribution in [2.75, 3.05) is 0 Å². The first-order valence-electron chi connectivity index (χ1n) is 8.14. The number of carbonyl (C=O) groups excluding carboxylic acids is 1. The van der Waals surface area contributed by atoms with Crippen molar-refractivity contribution in [1.82, 2.24) is 0 Å². The second kappa shape index (κ2) is 4.46. The van der Waals surface area contributed by atoms with Gasteiger partial charge in [0.1, 0.15) is 5.78 Å². The normalized spacial score (nSPS) is 49.3. The summed E-state index contributed by atoms with van der Waals surface area (Å²) in [6, 6.07) is 0. The molecule has 6 atom stereocenters. The van der Waals surface area contributed by atoms with E-state index in [-0.39, 0.29) is 0 Å². The Morgan fingerprint density at radius 1 is 1.26 bits per heavy atom. The van der Waals surface area contributed by atoms with Crippen molar-refractivity contribution in [3.63, 3.8) is 0 Å². The van der Waals surface area contributed by atoms with Crippen LogP contribution in [0.3, 0.4) is 0 Å². The Kier molecular flexibility index (Phi) is 3.15. The summed E-state index contributed by atoms with van der Waals surface area (Å²) in [7, 11) is 0. The molecule has 3 aliphatic carbocycles. The molecule has 0 heterocycles. The monoisotopic (exact) mass is 260 g/mol. The van der Waals surface area contributed by atoms with Gasteiger partial charge >= 0.3 is 0 Å². The zero-order chi connectivity index (χ0) is 13.8. The Labute approximate surface area is 117 Å². The zero-order valence-corrected chi connectivity index (χ0v) is 12.7. The van der Waals surface area contributed by atoms with E-state index in [1.165, 1.54) is 25.7 Å². The Balaban J connectivity index is 1.93. The van der Waals surface area contributed by atoms with Crippen molar-refractivity contribution in [3.8, 4) is 0 Å². The maximum Gasteiger partial charge on any atom is 0.137 e. The van der Waals surface area contributed by atoms with Crippen molar-refractivity contribution in [3.05, 3.63) is 12.7 Å². The Morgan fingerprint density at radius 3 is 2.63 bits per heavy atom. The third kappa shape index (κ3) is 1.76. The van der Waals surface area contributed by atoms with Crippen LogP contribution in [-0.4, -0.2) is 5.78 Å². The third-order valence-electron chi connectivity index (χ3n) is 6.88. The van der Waals surface area contributed by atoms with Gasteiger partial charge in [0.15, 0.2) is 0 Å². The lowest BCUT2D eigenvalue weighted by atomic mass is 9.56. The van der Waals surface area contributed by atoms with E-state index in [2.05, 4.69) is 33.4 Å². The van der Waals surface area contributed by atoms with Crippen molar-refractivity contribution in [2.24, 2.45) is 40.9 Å². The molecule has 0 N–H and O–H groups in total. The molecule has 0 aromatic carbocycles. The minimum Gasteiger partial charge on any atom is -0.299 e. The lowest BCUT2D eigenvalue weighted by Gasteiger charge is -2.47. The van der Waals surface area contributed by atoms with Gasteiger partial charge in [-0.05, 0) is 60.7 Å². The van der Waals surface area contributed by atoms with E-state index in [1.807, 2.05) is 0 Å². The molecular formula is C18H28O. The fourth-order valence-corrected chi connectivity index (χ4v) is 5.85. The van der Waals surface area contributed by atoms with Crippen LogP contribution in [0.2, 0.25) is 0 Å². The van der Waals surface area contributed by atoms with E-state index >= 15 is 0 Å². The van der Waals surface area contributed by atoms with Gasteiger partial charge in [-0.1, -0.05) is 26.8 Å². The number of ketones is 1. The van der Waals surface area contributed by atoms with E-state index in [9.17, 15) is 4.79 Å². The van der Waals surface area contributed by atoms with Gasteiger partial charge in [0.05, 0.1) is 0 Å². The fraction of sp³-hybridized carbons (Fsp3) is 0.833. The molecule has 0 saturated heterocycles. The summed E-state index contributed by atoms with van der Waals surface area (Å²) >= 11 is 0. The minimum atomic E-state index is 0.310. The minimum absolute atomic E-state index is 0.310. The summed E-state index contributed by atoms with van der Waals surface area (Å²) < 4.78 is 0. The van der Waals surface area contributed by atoms with Gasteiger partial charge in [0.25, 0.3) is 0 Å². The second-order valence-electron chi connectivity index (χ2n) is 7.84. The molecule has 0 unspecified atom stereocenters. The van der Waals surface area contributed by atoms with Crippen LogP contribution in [0.15, 0.2) is 12.7 Å². The van der Waals surface area contributed by atoms with E-state index in [0.717, 1.165) is 18.3 Å². The van der Waals surface area contributed by atoms with Crippen LogP contribution in [0, 0.1) is 40.9 Å². The van der Waals surface area contributed by atoms with E-state index in [1.54, 1.807) is 0 Å². The highest BCUT2D eigenvalue weighted by molar-refractivity contribution is 5.83. The van der Waals surface area contributed by atoms with Crippen LogP contribution in [-0.2, 0) is 4.79 Å². The first kappa shape index (κ1) is 13.4. The summed E-state index contributed by atoms with van der Waals surface area (Å²) in [5, 5.41) is 0. The molecule has 0 aliphatic heterocycles. The molecule has 106 valence electrons.